The fraction of sp³-hybridized carbons (Fsp3) is 0.235. The lowest BCUT2D eigenvalue weighted by Crippen LogP contribution is -2.24. The van der Waals surface area contributed by atoms with Crippen LogP contribution in [0, 0.1) is 0 Å². The zero-order valence-corrected chi connectivity index (χ0v) is 12.9. The summed E-state index contributed by atoms with van der Waals surface area (Å²) in [5, 5.41) is 2.92. The Bertz CT molecular complexity index is 567. The van der Waals surface area contributed by atoms with Gasteiger partial charge in [-0.15, -0.1) is 11.8 Å². The van der Waals surface area contributed by atoms with Crippen LogP contribution >= 0.6 is 11.8 Å². The second-order valence-corrected chi connectivity index (χ2v) is 5.96. The first kappa shape index (κ1) is 15.6. The quantitative estimate of drug-likeness (QED) is 0.806. The molecule has 0 radical (unpaired) electrons. The second kappa shape index (κ2) is 7.86. The third-order valence-corrected chi connectivity index (χ3v) is 4.12. The molecule has 3 N–H and O–H groups in total. The highest BCUT2D eigenvalue weighted by atomic mass is 32.2. The number of nitrogens with one attached hydrogen (secondary N) is 1. The summed E-state index contributed by atoms with van der Waals surface area (Å²) < 4.78 is 0. The normalized spacial score (nSPS) is 11.9. The minimum absolute atomic E-state index is 0.0400. The lowest BCUT2D eigenvalue weighted by atomic mass is 10.1. The molecule has 0 saturated heterocycles. The van der Waals surface area contributed by atoms with E-state index in [0.29, 0.717) is 12.3 Å². The molecule has 110 valence electrons. The van der Waals surface area contributed by atoms with E-state index >= 15 is 0 Å². The Hall–Kier alpha value is -1.78. The van der Waals surface area contributed by atoms with Crippen molar-refractivity contribution in [2.75, 3.05) is 5.75 Å². The van der Waals surface area contributed by atoms with Crippen LogP contribution < -0.4 is 11.1 Å². The largest absolute Gasteiger partial charge is 0.351 e. The molecule has 2 aromatic carbocycles. The molecule has 0 spiro atoms. The van der Waals surface area contributed by atoms with Crippen LogP contribution in [0.1, 0.15) is 24.1 Å². The van der Waals surface area contributed by atoms with Gasteiger partial charge < -0.3 is 11.1 Å². The fourth-order valence-corrected chi connectivity index (χ4v) is 2.59. The van der Waals surface area contributed by atoms with Gasteiger partial charge in [-0.05, 0) is 30.2 Å². The van der Waals surface area contributed by atoms with Gasteiger partial charge in [0.2, 0.25) is 5.91 Å². The zero-order valence-electron chi connectivity index (χ0n) is 12.1. The van der Waals surface area contributed by atoms with E-state index < -0.39 is 0 Å². The SMILES string of the molecule is CC(N)c1ccc(SCC(=O)NCc2ccccc2)cc1. The van der Waals surface area contributed by atoms with E-state index in [4.69, 9.17) is 5.73 Å². The molecule has 1 atom stereocenters. The van der Waals surface area contributed by atoms with Gasteiger partial charge in [0, 0.05) is 17.5 Å². The standard InChI is InChI=1S/C17H20N2OS/c1-13(18)15-7-9-16(10-8-15)21-12-17(20)19-11-14-5-3-2-4-6-14/h2-10,13H,11-12,18H2,1H3,(H,19,20). The van der Waals surface area contributed by atoms with E-state index in [1.807, 2.05) is 61.5 Å². The lowest BCUT2D eigenvalue weighted by Gasteiger charge is -2.07. The summed E-state index contributed by atoms with van der Waals surface area (Å²) >= 11 is 1.53. The van der Waals surface area contributed by atoms with Crippen molar-refractivity contribution in [2.24, 2.45) is 5.73 Å². The van der Waals surface area contributed by atoms with Crippen LogP contribution in [0.25, 0.3) is 0 Å². The summed E-state index contributed by atoms with van der Waals surface area (Å²) in [6, 6.07) is 18.0. The minimum atomic E-state index is 0.0400. The van der Waals surface area contributed by atoms with Crippen LogP contribution in [0.4, 0.5) is 0 Å². The van der Waals surface area contributed by atoms with Crippen LogP contribution in [-0.2, 0) is 11.3 Å². The summed E-state index contributed by atoms with van der Waals surface area (Å²) in [5.41, 5.74) is 8.02. The number of nitrogens with two attached hydrogens (primary N) is 1. The molecule has 2 aromatic rings. The number of carbonyl (C=O) groups is 1. The van der Waals surface area contributed by atoms with E-state index in [-0.39, 0.29) is 11.9 Å². The van der Waals surface area contributed by atoms with Gasteiger partial charge in [0.05, 0.1) is 5.75 Å². The van der Waals surface area contributed by atoms with Crippen molar-refractivity contribution in [3.8, 4) is 0 Å². The molecule has 0 aliphatic rings. The Morgan fingerprint density at radius 1 is 1.14 bits per heavy atom. The molecular formula is C17H20N2OS. The predicted molar refractivity (Wildman–Crippen MR) is 88.1 cm³/mol. The molecule has 0 aliphatic heterocycles. The van der Waals surface area contributed by atoms with Gasteiger partial charge in [0.25, 0.3) is 0 Å². The van der Waals surface area contributed by atoms with E-state index in [1.165, 1.54) is 11.8 Å². The van der Waals surface area contributed by atoms with E-state index in [2.05, 4.69) is 5.32 Å². The molecule has 4 heteroatoms. The van der Waals surface area contributed by atoms with Gasteiger partial charge in [-0.1, -0.05) is 42.5 Å². The Morgan fingerprint density at radius 3 is 2.43 bits per heavy atom. The first-order chi connectivity index (χ1) is 10.1. The summed E-state index contributed by atoms with van der Waals surface area (Å²) in [4.78, 5) is 12.9. The minimum Gasteiger partial charge on any atom is -0.351 e. The van der Waals surface area contributed by atoms with Crippen molar-refractivity contribution < 1.29 is 4.79 Å². The molecule has 0 aliphatic carbocycles. The fourth-order valence-electron chi connectivity index (χ4n) is 1.86. The van der Waals surface area contributed by atoms with Gasteiger partial charge in [0.15, 0.2) is 0 Å². The van der Waals surface area contributed by atoms with Crippen LogP contribution in [0.2, 0.25) is 0 Å². The Balaban J connectivity index is 1.76. The highest BCUT2D eigenvalue weighted by Gasteiger charge is 2.04. The number of thioether (sulfide) groups is 1. The summed E-state index contributed by atoms with van der Waals surface area (Å²) in [5.74, 6) is 0.463. The van der Waals surface area contributed by atoms with Gasteiger partial charge in [0.1, 0.15) is 0 Å². The number of carbonyl (C=O) groups excluding carboxylic acids is 1. The Labute approximate surface area is 129 Å². The van der Waals surface area contributed by atoms with Crippen molar-refractivity contribution in [1.29, 1.82) is 0 Å². The van der Waals surface area contributed by atoms with Gasteiger partial charge >= 0.3 is 0 Å². The molecule has 3 nitrogen and oxygen atoms in total. The van der Waals surface area contributed by atoms with E-state index in [1.54, 1.807) is 0 Å². The van der Waals surface area contributed by atoms with Crippen molar-refractivity contribution >= 4 is 17.7 Å². The van der Waals surface area contributed by atoms with E-state index in [9.17, 15) is 4.79 Å². The molecule has 1 unspecified atom stereocenters. The average Bonchev–Trinajstić information content (AvgIpc) is 2.52. The summed E-state index contributed by atoms with van der Waals surface area (Å²) in [6.45, 7) is 2.53. The molecule has 21 heavy (non-hydrogen) atoms. The van der Waals surface area contributed by atoms with Crippen molar-refractivity contribution in [3.63, 3.8) is 0 Å². The number of benzene rings is 2. The predicted octanol–water partition coefficient (Wildman–Crippen LogP) is 3.11. The molecule has 0 heterocycles. The zero-order chi connectivity index (χ0) is 15.1. The highest BCUT2D eigenvalue weighted by Crippen LogP contribution is 2.20. The van der Waals surface area contributed by atoms with Crippen LogP contribution in [0.15, 0.2) is 59.5 Å². The molecule has 0 aromatic heterocycles. The molecule has 2 rings (SSSR count). The average molecular weight is 300 g/mol. The third kappa shape index (κ3) is 5.25. The van der Waals surface area contributed by atoms with Gasteiger partial charge in [-0.25, -0.2) is 0 Å². The second-order valence-electron chi connectivity index (χ2n) is 4.91. The van der Waals surface area contributed by atoms with Crippen LogP contribution in [-0.4, -0.2) is 11.7 Å². The summed E-state index contributed by atoms with van der Waals surface area (Å²) in [6.07, 6.45) is 0. The molecular weight excluding hydrogens is 280 g/mol. The Morgan fingerprint density at radius 2 is 1.81 bits per heavy atom. The highest BCUT2D eigenvalue weighted by molar-refractivity contribution is 8.00. The van der Waals surface area contributed by atoms with Crippen molar-refractivity contribution in [1.82, 2.24) is 5.32 Å². The van der Waals surface area contributed by atoms with E-state index in [0.717, 1.165) is 16.0 Å². The maximum absolute atomic E-state index is 11.8. The topological polar surface area (TPSA) is 55.1 Å². The molecule has 0 saturated carbocycles. The first-order valence-electron chi connectivity index (χ1n) is 6.94. The molecule has 0 bridgehead atoms. The van der Waals surface area contributed by atoms with Crippen LogP contribution in [0.5, 0.6) is 0 Å². The van der Waals surface area contributed by atoms with Crippen molar-refractivity contribution in [2.45, 2.75) is 24.4 Å². The van der Waals surface area contributed by atoms with Gasteiger partial charge in [-0.2, -0.15) is 0 Å². The lowest BCUT2D eigenvalue weighted by molar-refractivity contribution is -0.118. The maximum atomic E-state index is 11.8. The van der Waals surface area contributed by atoms with Crippen LogP contribution in [0.3, 0.4) is 0 Å². The number of amides is 1. The smallest absolute Gasteiger partial charge is 0.230 e. The monoisotopic (exact) mass is 300 g/mol. The third-order valence-electron chi connectivity index (χ3n) is 3.11. The number of hydrogen-bond donors (Lipinski definition) is 2. The number of hydrogen-bond acceptors (Lipinski definition) is 3. The van der Waals surface area contributed by atoms with Gasteiger partial charge in [-0.3, -0.25) is 4.79 Å². The summed E-state index contributed by atoms with van der Waals surface area (Å²) in [7, 11) is 0. The molecule has 0 fully saturated rings. The number of rotatable bonds is 6. The van der Waals surface area contributed by atoms with Crippen molar-refractivity contribution in [3.05, 3.63) is 65.7 Å². The maximum Gasteiger partial charge on any atom is 0.230 e. The Kier molecular flexibility index (Phi) is 5.84. The first-order valence-corrected chi connectivity index (χ1v) is 7.92. The molecule has 1 amide bonds.